The molecule has 1 aromatic rings. The third-order valence-electron chi connectivity index (χ3n) is 4.73. The van der Waals surface area contributed by atoms with Crippen LogP contribution in [0.5, 0.6) is 0 Å². The molecule has 0 fully saturated rings. The van der Waals surface area contributed by atoms with Crippen molar-refractivity contribution in [3.8, 4) is 0 Å². The van der Waals surface area contributed by atoms with Gasteiger partial charge in [-0.15, -0.1) is 5.10 Å². The van der Waals surface area contributed by atoms with Gasteiger partial charge in [0.05, 0.1) is 5.69 Å². The molecule has 5 nitrogen and oxygen atoms in total. The standard InChI is InChI=1S/C20H37N3O2/c1-2-23-18-19(21-22-23)16-14-12-10-8-6-4-3-5-7-9-11-13-15-17-20(24)25/h18H,2-17H2,1H3,(H,24,25). The van der Waals surface area contributed by atoms with E-state index >= 15 is 0 Å². The summed E-state index contributed by atoms with van der Waals surface area (Å²) < 4.78 is 1.89. The van der Waals surface area contributed by atoms with Crippen LogP contribution in [0.25, 0.3) is 0 Å². The van der Waals surface area contributed by atoms with Gasteiger partial charge in [-0.2, -0.15) is 0 Å². The molecule has 25 heavy (non-hydrogen) atoms. The van der Waals surface area contributed by atoms with E-state index in [-0.39, 0.29) is 0 Å². The maximum absolute atomic E-state index is 10.4. The Kier molecular flexibility index (Phi) is 12.9. The third kappa shape index (κ3) is 12.6. The summed E-state index contributed by atoms with van der Waals surface area (Å²) >= 11 is 0. The summed E-state index contributed by atoms with van der Waals surface area (Å²) in [4.78, 5) is 10.4. The van der Waals surface area contributed by atoms with Crippen LogP contribution in [-0.2, 0) is 17.8 Å². The Bertz CT molecular complexity index is 446. The maximum Gasteiger partial charge on any atom is 0.303 e. The molecule has 0 atom stereocenters. The summed E-state index contributed by atoms with van der Waals surface area (Å²) in [5, 5.41) is 16.8. The van der Waals surface area contributed by atoms with E-state index in [1.165, 1.54) is 70.6 Å². The van der Waals surface area contributed by atoms with Gasteiger partial charge < -0.3 is 5.11 Å². The molecule has 0 aliphatic rings. The topological polar surface area (TPSA) is 68.0 Å². The van der Waals surface area contributed by atoms with E-state index in [2.05, 4.69) is 23.4 Å². The molecule has 0 aromatic carbocycles. The van der Waals surface area contributed by atoms with E-state index in [1.54, 1.807) is 0 Å². The van der Waals surface area contributed by atoms with Crippen molar-refractivity contribution in [2.75, 3.05) is 0 Å². The second-order valence-corrected chi connectivity index (χ2v) is 7.06. The molecule has 144 valence electrons. The van der Waals surface area contributed by atoms with Crippen molar-refractivity contribution in [1.29, 1.82) is 0 Å². The minimum absolute atomic E-state index is 0.332. The number of hydrogen-bond donors (Lipinski definition) is 1. The van der Waals surface area contributed by atoms with Crippen molar-refractivity contribution in [1.82, 2.24) is 15.0 Å². The molecule has 0 aliphatic carbocycles. The molecule has 0 bridgehead atoms. The van der Waals surface area contributed by atoms with Gasteiger partial charge in [-0.05, 0) is 26.2 Å². The number of rotatable bonds is 17. The number of unbranched alkanes of at least 4 members (excludes halogenated alkanes) is 12. The van der Waals surface area contributed by atoms with Crippen molar-refractivity contribution in [3.63, 3.8) is 0 Å². The quantitative estimate of drug-likeness (QED) is 0.382. The fourth-order valence-corrected chi connectivity index (χ4v) is 3.13. The summed E-state index contributed by atoms with van der Waals surface area (Å²) in [6.45, 7) is 2.98. The number of hydrogen-bond acceptors (Lipinski definition) is 3. The zero-order valence-electron chi connectivity index (χ0n) is 16.1. The molecular weight excluding hydrogens is 314 g/mol. The van der Waals surface area contributed by atoms with Gasteiger partial charge in [0.25, 0.3) is 0 Å². The molecule has 0 radical (unpaired) electrons. The molecule has 0 aliphatic heterocycles. The summed E-state index contributed by atoms with van der Waals surface area (Å²) in [5.41, 5.74) is 1.13. The Labute approximate surface area is 153 Å². The molecule has 1 N–H and O–H groups in total. The van der Waals surface area contributed by atoms with Gasteiger partial charge in [0, 0.05) is 19.2 Å². The van der Waals surface area contributed by atoms with Gasteiger partial charge in [-0.25, -0.2) is 0 Å². The molecule has 0 spiro atoms. The van der Waals surface area contributed by atoms with Gasteiger partial charge in [0.1, 0.15) is 0 Å². The van der Waals surface area contributed by atoms with E-state index in [9.17, 15) is 4.79 Å². The average molecular weight is 352 g/mol. The van der Waals surface area contributed by atoms with Crippen LogP contribution in [0.1, 0.15) is 103 Å². The van der Waals surface area contributed by atoms with Gasteiger partial charge in [-0.1, -0.05) is 75.8 Å². The number of aryl methyl sites for hydroxylation is 2. The molecule has 1 aromatic heterocycles. The molecule has 0 amide bonds. The molecule has 0 saturated carbocycles. The number of nitrogens with zero attached hydrogens (tertiary/aromatic N) is 3. The molecule has 1 heterocycles. The first-order valence-electron chi connectivity index (χ1n) is 10.3. The number of carboxylic acids is 1. The van der Waals surface area contributed by atoms with Gasteiger partial charge in [-0.3, -0.25) is 9.48 Å². The van der Waals surface area contributed by atoms with Crippen LogP contribution in [0, 0.1) is 0 Å². The van der Waals surface area contributed by atoms with Crippen LogP contribution in [-0.4, -0.2) is 26.1 Å². The smallest absolute Gasteiger partial charge is 0.303 e. The monoisotopic (exact) mass is 351 g/mol. The maximum atomic E-state index is 10.4. The van der Waals surface area contributed by atoms with Crippen LogP contribution in [0.3, 0.4) is 0 Å². The lowest BCUT2D eigenvalue weighted by molar-refractivity contribution is -0.137. The lowest BCUT2D eigenvalue weighted by Gasteiger charge is -2.03. The summed E-state index contributed by atoms with van der Waals surface area (Å²) in [6, 6.07) is 0. The predicted octanol–water partition coefficient (Wildman–Crippen LogP) is 5.39. The van der Waals surface area contributed by atoms with Gasteiger partial charge in [0.15, 0.2) is 0 Å². The highest BCUT2D eigenvalue weighted by Gasteiger charge is 2.00. The predicted molar refractivity (Wildman–Crippen MR) is 102 cm³/mol. The first-order valence-corrected chi connectivity index (χ1v) is 10.3. The van der Waals surface area contributed by atoms with Gasteiger partial charge in [0.2, 0.25) is 0 Å². The second-order valence-electron chi connectivity index (χ2n) is 7.06. The van der Waals surface area contributed by atoms with Gasteiger partial charge >= 0.3 is 5.97 Å². The third-order valence-corrected chi connectivity index (χ3v) is 4.73. The second kappa shape index (κ2) is 14.9. The van der Waals surface area contributed by atoms with Crippen LogP contribution >= 0.6 is 0 Å². The van der Waals surface area contributed by atoms with E-state index in [4.69, 9.17) is 5.11 Å². The molecule has 1 rings (SSSR count). The zero-order valence-corrected chi connectivity index (χ0v) is 16.1. The SMILES string of the molecule is CCn1cc(CCCCCCCCCCCCCCCC(=O)O)nn1. The minimum atomic E-state index is -0.663. The highest BCUT2D eigenvalue weighted by Crippen LogP contribution is 2.13. The number of aliphatic carboxylic acids is 1. The summed E-state index contributed by atoms with van der Waals surface area (Å²) in [7, 11) is 0. The highest BCUT2D eigenvalue weighted by molar-refractivity contribution is 5.66. The number of carbonyl (C=O) groups is 1. The fraction of sp³-hybridized carbons (Fsp3) is 0.850. The Morgan fingerprint density at radius 1 is 0.880 bits per heavy atom. The zero-order chi connectivity index (χ0) is 18.2. The van der Waals surface area contributed by atoms with E-state index in [0.717, 1.165) is 31.5 Å². The molecule has 5 heteroatoms. The average Bonchev–Trinajstić information content (AvgIpc) is 3.06. The number of aromatic nitrogens is 3. The lowest BCUT2D eigenvalue weighted by atomic mass is 10.0. The van der Waals surface area contributed by atoms with E-state index in [1.807, 2.05) is 4.68 Å². The first kappa shape index (κ1) is 21.7. The Morgan fingerprint density at radius 2 is 1.36 bits per heavy atom. The van der Waals surface area contributed by atoms with Crippen molar-refractivity contribution in [2.45, 2.75) is 110 Å². The summed E-state index contributed by atoms with van der Waals surface area (Å²) in [5.74, 6) is -0.663. The normalized spacial score (nSPS) is 11.1. The van der Waals surface area contributed by atoms with Crippen LogP contribution in [0.2, 0.25) is 0 Å². The van der Waals surface area contributed by atoms with E-state index < -0.39 is 5.97 Å². The van der Waals surface area contributed by atoms with Crippen LogP contribution < -0.4 is 0 Å². The van der Waals surface area contributed by atoms with Crippen LogP contribution in [0.15, 0.2) is 6.20 Å². The molecule has 0 saturated heterocycles. The van der Waals surface area contributed by atoms with Crippen molar-refractivity contribution < 1.29 is 9.90 Å². The highest BCUT2D eigenvalue weighted by atomic mass is 16.4. The van der Waals surface area contributed by atoms with E-state index in [0.29, 0.717) is 6.42 Å². The Morgan fingerprint density at radius 3 is 1.80 bits per heavy atom. The van der Waals surface area contributed by atoms with Crippen molar-refractivity contribution >= 4 is 5.97 Å². The van der Waals surface area contributed by atoms with Crippen molar-refractivity contribution in [2.24, 2.45) is 0 Å². The minimum Gasteiger partial charge on any atom is -0.481 e. The van der Waals surface area contributed by atoms with Crippen molar-refractivity contribution in [3.05, 3.63) is 11.9 Å². The lowest BCUT2D eigenvalue weighted by Crippen LogP contribution is -1.93. The van der Waals surface area contributed by atoms with Crippen LogP contribution in [0.4, 0.5) is 0 Å². The summed E-state index contributed by atoms with van der Waals surface area (Å²) in [6.07, 6.45) is 19.8. The largest absolute Gasteiger partial charge is 0.481 e. The Balaban J connectivity index is 1.75. The Hall–Kier alpha value is -1.39. The molecular formula is C20H37N3O2. The molecule has 0 unspecified atom stereocenters. The fourth-order valence-electron chi connectivity index (χ4n) is 3.13. The number of carboxylic acid groups (broad SMARTS) is 1. The first-order chi connectivity index (χ1) is 12.2.